The quantitative estimate of drug-likeness (QED) is 0.485. The van der Waals surface area contributed by atoms with Crippen LogP contribution in [0.5, 0.6) is 0 Å². The Labute approximate surface area is 128 Å². The van der Waals surface area contributed by atoms with E-state index in [9.17, 15) is 14.9 Å². The lowest BCUT2D eigenvalue weighted by Crippen LogP contribution is -2.50. The molecule has 7 heteroatoms. The Kier molecular flexibility index (Phi) is 5.01. The summed E-state index contributed by atoms with van der Waals surface area (Å²) in [6.07, 6.45) is 0. The van der Waals surface area contributed by atoms with Gasteiger partial charge < -0.3 is 9.80 Å². The lowest BCUT2D eigenvalue weighted by Gasteiger charge is -2.37. The standard InChI is InChI=1S/C14H18ClN3O3/c1-11(10-15)14(19)17-8-6-16(7-9-17)12-2-4-13(5-3-12)18(20)21/h2-5,11H,6-10H2,1H3. The summed E-state index contributed by atoms with van der Waals surface area (Å²) < 4.78 is 0. The molecule has 1 aliphatic rings. The van der Waals surface area contributed by atoms with Gasteiger partial charge in [-0.25, -0.2) is 0 Å². The number of carbonyl (C=O) groups excluding carboxylic acids is 1. The van der Waals surface area contributed by atoms with Gasteiger partial charge in [-0.2, -0.15) is 0 Å². The molecule has 2 rings (SSSR count). The molecule has 0 bridgehead atoms. The molecule has 1 saturated heterocycles. The SMILES string of the molecule is CC(CCl)C(=O)N1CCN(c2ccc([N+](=O)[O-])cc2)CC1. The van der Waals surface area contributed by atoms with Gasteiger partial charge in [0.1, 0.15) is 0 Å². The van der Waals surface area contributed by atoms with Crippen molar-refractivity contribution in [1.29, 1.82) is 0 Å². The van der Waals surface area contributed by atoms with Crippen molar-refractivity contribution in [3.8, 4) is 0 Å². The van der Waals surface area contributed by atoms with Gasteiger partial charge in [0.25, 0.3) is 5.69 Å². The molecule has 0 spiro atoms. The van der Waals surface area contributed by atoms with Gasteiger partial charge in [0.15, 0.2) is 0 Å². The zero-order valence-corrected chi connectivity index (χ0v) is 12.6. The summed E-state index contributed by atoms with van der Waals surface area (Å²) in [4.78, 5) is 26.2. The average Bonchev–Trinajstić information content (AvgIpc) is 2.53. The maximum atomic E-state index is 12.0. The molecular weight excluding hydrogens is 294 g/mol. The van der Waals surface area contributed by atoms with Gasteiger partial charge >= 0.3 is 0 Å². The Morgan fingerprint density at radius 3 is 2.33 bits per heavy atom. The molecule has 1 aliphatic heterocycles. The zero-order chi connectivity index (χ0) is 15.4. The summed E-state index contributed by atoms with van der Waals surface area (Å²) in [6.45, 7) is 4.57. The van der Waals surface area contributed by atoms with Crippen LogP contribution in [0.2, 0.25) is 0 Å². The van der Waals surface area contributed by atoms with Crippen molar-refractivity contribution in [3.05, 3.63) is 34.4 Å². The van der Waals surface area contributed by atoms with Gasteiger partial charge in [-0.05, 0) is 12.1 Å². The van der Waals surface area contributed by atoms with E-state index in [0.29, 0.717) is 19.0 Å². The Morgan fingerprint density at radius 1 is 1.29 bits per heavy atom. The van der Waals surface area contributed by atoms with Crippen LogP contribution < -0.4 is 4.90 Å². The number of alkyl halides is 1. The van der Waals surface area contributed by atoms with Crippen LogP contribution in [0.3, 0.4) is 0 Å². The molecule has 1 atom stereocenters. The van der Waals surface area contributed by atoms with Crippen LogP contribution in [-0.4, -0.2) is 47.8 Å². The van der Waals surface area contributed by atoms with E-state index in [1.54, 1.807) is 12.1 Å². The number of piperazine rings is 1. The summed E-state index contributed by atoms with van der Waals surface area (Å²) in [5.74, 6) is 0.271. The molecule has 0 saturated carbocycles. The molecule has 0 aliphatic carbocycles. The summed E-state index contributed by atoms with van der Waals surface area (Å²) in [7, 11) is 0. The Balaban J connectivity index is 1.94. The van der Waals surface area contributed by atoms with E-state index in [4.69, 9.17) is 11.6 Å². The van der Waals surface area contributed by atoms with Gasteiger partial charge in [0.2, 0.25) is 5.91 Å². The maximum Gasteiger partial charge on any atom is 0.269 e. The highest BCUT2D eigenvalue weighted by Crippen LogP contribution is 2.21. The first-order valence-electron chi connectivity index (χ1n) is 6.87. The number of nitrogens with zero attached hydrogens (tertiary/aromatic N) is 3. The number of nitro benzene ring substituents is 1. The fourth-order valence-electron chi connectivity index (χ4n) is 2.35. The van der Waals surface area contributed by atoms with E-state index < -0.39 is 4.92 Å². The predicted octanol–water partition coefficient (Wildman–Crippen LogP) is 2.12. The number of amides is 1. The minimum atomic E-state index is -0.409. The average molecular weight is 312 g/mol. The van der Waals surface area contributed by atoms with Gasteiger partial charge in [-0.3, -0.25) is 14.9 Å². The summed E-state index contributed by atoms with van der Waals surface area (Å²) >= 11 is 5.72. The number of hydrogen-bond donors (Lipinski definition) is 0. The van der Waals surface area contributed by atoms with E-state index in [2.05, 4.69) is 4.90 Å². The number of anilines is 1. The second-order valence-corrected chi connectivity index (χ2v) is 5.45. The van der Waals surface area contributed by atoms with Crippen LogP contribution in [-0.2, 0) is 4.79 Å². The highest BCUT2D eigenvalue weighted by Gasteiger charge is 2.24. The zero-order valence-electron chi connectivity index (χ0n) is 11.9. The van der Waals surface area contributed by atoms with E-state index in [1.807, 2.05) is 11.8 Å². The maximum absolute atomic E-state index is 12.0. The molecule has 1 heterocycles. The molecule has 1 fully saturated rings. The Morgan fingerprint density at radius 2 is 1.86 bits per heavy atom. The molecule has 0 radical (unpaired) electrons. The summed E-state index contributed by atoms with van der Waals surface area (Å²) in [6, 6.07) is 6.50. The monoisotopic (exact) mass is 311 g/mol. The van der Waals surface area contributed by atoms with Crippen LogP contribution in [0.15, 0.2) is 24.3 Å². The van der Waals surface area contributed by atoms with Crippen molar-refractivity contribution < 1.29 is 9.72 Å². The molecule has 114 valence electrons. The minimum Gasteiger partial charge on any atom is -0.368 e. The number of nitro groups is 1. The molecule has 1 aromatic rings. The van der Waals surface area contributed by atoms with Gasteiger partial charge in [-0.1, -0.05) is 6.92 Å². The molecule has 1 aromatic carbocycles. The van der Waals surface area contributed by atoms with Crippen molar-refractivity contribution in [2.45, 2.75) is 6.92 Å². The number of halogens is 1. The summed E-state index contributed by atoms with van der Waals surface area (Å²) in [5, 5.41) is 10.6. The van der Waals surface area contributed by atoms with Crippen LogP contribution in [0.25, 0.3) is 0 Å². The van der Waals surface area contributed by atoms with Gasteiger partial charge in [0.05, 0.1) is 4.92 Å². The molecule has 21 heavy (non-hydrogen) atoms. The third-order valence-corrected chi connectivity index (χ3v) is 4.13. The van der Waals surface area contributed by atoms with Crippen LogP contribution in [0, 0.1) is 16.0 Å². The second kappa shape index (κ2) is 6.76. The first-order valence-corrected chi connectivity index (χ1v) is 7.40. The third kappa shape index (κ3) is 3.64. The van der Waals surface area contributed by atoms with Crippen molar-refractivity contribution >= 4 is 28.9 Å². The highest BCUT2D eigenvalue weighted by atomic mass is 35.5. The first-order chi connectivity index (χ1) is 10.0. The molecule has 0 N–H and O–H groups in total. The van der Waals surface area contributed by atoms with Crippen molar-refractivity contribution in [3.63, 3.8) is 0 Å². The normalized spacial score (nSPS) is 16.7. The van der Waals surface area contributed by atoms with Crippen LogP contribution in [0.1, 0.15) is 6.92 Å². The number of rotatable bonds is 4. The summed E-state index contributed by atoms with van der Waals surface area (Å²) in [5.41, 5.74) is 1.03. The molecule has 1 unspecified atom stereocenters. The number of carbonyl (C=O) groups is 1. The molecule has 0 aromatic heterocycles. The Bertz CT molecular complexity index is 513. The lowest BCUT2D eigenvalue weighted by molar-refractivity contribution is -0.384. The number of non-ortho nitro benzene ring substituents is 1. The molecule has 1 amide bonds. The van der Waals surface area contributed by atoms with Gasteiger partial charge in [-0.15, -0.1) is 11.6 Å². The Hall–Kier alpha value is -1.82. The van der Waals surface area contributed by atoms with Crippen LogP contribution >= 0.6 is 11.6 Å². The fourth-order valence-corrected chi connectivity index (χ4v) is 2.48. The lowest BCUT2D eigenvalue weighted by atomic mass is 10.1. The first kappa shape index (κ1) is 15.6. The van der Waals surface area contributed by atoms with E-state index in [0.717, 1.165) is 18.8 Å². The smallest absolute Gasteiger partial charge is 0.269 e. The minimum absolute atomic E-state index is 0.0866. The number of benzene rings is 1. The van der Waals surface area contributed by atoms with Crippen molar-refractivity contribution in [1.82, 2.24) is 4.90 Å². The fraction of sp³-hybridized carbons (Fsp3) is 0.500. The van der Waals surface area contributed by atoms with E-state index in [1.165, 1.54) is 12.1 Å². The predicted molar refractivity (Wildman–Crippen MR) is 81.8 cm³/mol. The highest BCUT2D eigenvalue weighted by molar-refractivity contribution is 6.19. The third-order valence-electron chi connectivity index (χ3n) is 3.67. The topological polar surface area (TPSA) is 66.7 Å². The number of hydrogen-bond acceptors (Lipinski definition) is 4. The van der Waals surface area contributed by atoms with Crippen molar-refractivity contribution in [2.24, 2.45) is 5.92 Å². The van der Waals surface area contributed by atoms with Crippen molar-refractivity contribution in [2.75, 3.05) is 37.0 Å². The largest absolute Gasteiger partial charge is 0.368 e. The van der Waals surface area contributed by atoms with Gasteiger partial charge in [0, 0.05) is 55.8 Å². The molecule has 6 nitrogen and oxygen atoms in total. The van der Waals surface area contributed by atoms with E-state index >= 15 is 0 Å². The van der Waals surface area contributed by atoms with Crippen LogP contribution in [0.4, 0.5) is 11.4 Å². The second-order valence-electron chi connectivity index (χ2n) is 5.14. The van der Waals surface area contributed by atoms with E-state index in [-0.39, 0.29) is 17.5 Å². The molecular formula is C14H18ClN3O3.